The molecule has 2 aromatic rings. The molecule has 0 spiro atoms. The van der Waals surface area contributed by atoms with Gasteiger partial charge in [-0.3, -0.25) is 9.59 Å². The number of ether oxygens (including phenoxy) is 4. The minimum Gasteiger partial charge on any atom is -0.487 e. The summed E-state index contributed by atoms with van der Waals surface area (Å²) < 4.78 is 26.1. The molecule has 2 heterocycles. The normalized spacial score (nSPS) is 19.9. The van der Waals surface area contributed by atoms with Crippen LogP contribution in [0.5, 0.6) is 23.0 Å². The van der Waals surface area contributed by atoms with E-state index >= 15 is 0 Å². The number of benzene rings is 2. The Balaban J connectivity index is 0.0000126. The summed E-state index contributed by atoms with van der Waals surface area (Å²) in [7, 11) is 0. The van der Waals surface area contributed by atoms with Crippen LogP contribution < -0.4 is 18.9 Å². The summed E-state index contributed by atoms with van der Waals surface area (Å²) in [5.41, 5.74) is 7.33. The summed E-state index contributed by atoms with van der Waals surface area (Å²) >= 11 is 0. The Kier molecular flexibility index (Phi) is 24.2. The minimum absolute atomic E-state index is 0. The quantitative estimate of drug-likeness (QED) is 0.0481. The maximum atomic E-state index is 13.8. The molecule has 0 aliphatic carbocycles. The van der Waals surface area contributed by atoms with E-state index < -0.39 is 17.9 Å². The number of carbonyl (C=O) groups is 2. The lowest BCUT2D eigenvalue weighted by molar-refractivity contribution is -0.150. The fraction of sp³-hybridized carbons (Fsp3) is 0.778. The van der Waals surface area contributed by atoms with E-state index in [1.165, 1.54) is 89.9 Å². The van der Waals surface area contributed by atoms with Crippen LogP contribution in [0.2, 0.25) is 0 Å². The fourth-order valence-corrected chi connectivity index (χ4v) is 11.3. The standard InChI is InChI=1S/C62H102O6.CH4/c1-40(2)24-18-26-42(5)28-20-30-44(7)32-22-36-61(16)38-34-53-50(13)55(46(9)48(11)57(53)67-61)65-59(63)52(15)60(64)66-56-47(10)49(12)58-54(51(56)14)35-39-62(17,68-58)37-23-33-45(8)31-21-29-43(6)27-19-25-41(3)4;/h40-45,52H,18-39H2,1-17H3;1H4/t42-,43+,44-,45+,52?,61-,62+;. The van der Waals surface area contributed by atoms with Crippen molar-refractivity contribution in [2.24, 2.45) is 41.4 Å². The van der Waals surface area contributed by atoms with Gasteiger partial charge in [-0.1, -0.05) is 153 Å². The third-order valence-corrected chi connectivity index (χ3v) is 16.8. The SMILES string of the molecule is C.Cc1c(C)c2c(c(C)c1OC(=O)C(C)C(=O)Oc1c(C)c(C)c3c(c1C)CC[C@@](C)(CCC[C@H](C)CCC[C@H](C)CCCC(C)C)O3)CC[C@](C)(CCC[C@@H](C)CCC[C@@H](C)CCCC(C)C)O2. The van der Waals surface area contributed by atoms with Gasteiger partial charge in [0.1, 0.15) is 34.2 Å². The lowest BCUT2D eigenvalue weighted by Gasteiger charge is -2.38. The van der Waals surface area contributed by atoms with Crippen molar-refractivity contribution in [3.63, 3.8) is 0 Å². The molecule has 0 saturated carbocycles. The maximum absolute atomic E-state index is 13.8. The largest absolute Gasteiger partial charge is 0.487 e. The van der Waals surface area contributed by atoms with Crippen molar-refractivity contribution < 1.29 is 28.5 Å². The van der Waals surface area contributed by atoms with Crippen LogP contribution in [0.15, 0.2) is 0 Å². The predicted octanol–water partition coefficient (Wildman–Crippen LogP) is 18.4. The highest BCUT2D eigenvalue weighted by atomic mass is 16.6. The van der Waals surface area contributed by atoms with Gasteiger partial charge in [0.05, 0.1) is 0 Å². The number of fused-ring (bicyclic) bond motifs is 2. The molecule has 7 atom stereocenters. The Hall–Kier alpha value is -3.02. The van der Waals surface area contributed by atoms with Crippen LogP contribution in [0.3, 0.4) is 0 Å². The van der Waals surface area contributed by atoms with Crippen molar-refractivity contribution in [1.82, 2.24) is 0 Å². The van der Waals surface area contributed by atoms with Gasteiger partial charge in [0, 0.05) is 11.1 Å². The molecule has 0 bridgehead atoms. The van der Waals surface area contributed by atoms with E-state index in [9.17, 15) is 9.59 Å². The number of esters is 2. The maximum Gasteiger partial charge on any atom is 0.325 e. The van der Waals surface area contributed by atoms with Crippen LogP contribution >= 0.6 is 0 Å². The smallest absolute Gasteiger partial charge is 0.325 e. The van der Waals surface area contributed by atoms with Crippen LogP contribution in [0.25, 0.3) is 0 Å². The zero-order valence-electron chi connectivity index (χ0n) is 47.0. The Labute approximate surface area is 425 Å². The van der Waals surface area contributed by atoms with Crippen molar-refractivity contribution in [3.8, 4) is 23.0 Å². The number of hydrogen-bond acceptors (Lipinski definition) is 6. The first kappa shape index (κ1) is 60.3. The molecule has 0 N–H and O–H groups in total. The molecule has 1 unspecified atom stereocenters. The van der Waals surface area contributed by atoms with E-state index in [2.05, 4.69) is 83.1 Å². The Morgan fingerprint density at radius 1 is 0.449 bits per heavy atom. The predicted molar refractivity (Wildman–Crippen MR) is 293 cm³/mol. The summed E-state index contributed by atoms with van der Waals surface area (Å²) in [6.45, 7) is 37.3. The van der Waals surface area contributed by atoms with E-state index in [0.717, 1.165) is 143 Å². The van der Waals surface area contributed by atoms with Gasteiger partial charge in [0.2, 0.25) is 0 Å². The van der Waals surface area contributed by atoms with Gasteiger partial charge in [-0.2, -0.15) is 0 Å². The zero-order chi connectivity index (χ0) is 50.5. The minimum atomic E-state index is -1.11. The molecule has 4 rings (SSSR count). The Morgan fingerprint density at radius 2 is 0.739 bits per heavy atom. The zero-order valence-corrected chi connectivity index (χ0v) is 47.0. The molecule has 0 saturated heterocycles. The lowest BCUT2D eigenvalue weighted by Crippen LogP contribution is -2.37. The highest BCUT2D eigenvalue weighted by Crippen LogP contribution is 2.47. The second-order valence-corrected chi connectivity index (χ2v) is 24.4. The van der Waals surface area contributed by atoms with Gasteiger partial charge >= 0.3 is 11.9 Å². The molecule has 2 aromatic carbocycles. The average molecular weight is 960 g/mol. The fourth-order valence-electron chi connectivity index (χ4n) is 11.3. The third-order valence-electron chi connectivity index (χ3n) is 16.8. The van der Waals surface area contributed by atoms with Crippen LogP contribution in [-0.4, -0.2) is 23.1 Å². The van der Waals surface area contributed by atoms with Gasteiger partial charge in [0.15, 0.2) is 5.92 Å². The second kappa shape index (κ2) is 27.7. The summed E-state index contributed by atoms with van der Waals surface area (Å²) in [5, 5.41) is 0. The highest BCUT2D eigenvalue weighted by Gasteiger charge is 2.38. The molecular weight excluding hydrogens is 853 g/mol. The summed E-state index contributed by atoms with van der Waals surface area (Å²) in [5.74, 6) is 5.36. The molecule has 69 heavy (non-hydrogen) atoms. The summed E-state index contributed by atoms with van der Waals surface area (Å²) in [6, 6.07) is 0. The van der Waals surface area contributed by atoms with Gasteiger partial charge in [-0.05, 0) is 183 Å². The first-order valence-electron chi connectivity index (χ1n) is 28.0. The van der Waals surface area contributed by atoms with Crippen LogP contribution in [0, 0.1) is 83.0 Å². The van der Waals surface area contributed by atoms with Crippen molar-refractivity contribution in [1.29, 1.82) is 0 Å². The molecule has 394 valence electrons. The van der Waals surface area contributed by atoms with Gasteiger partial charge in [-0.15, -0.1) is 0 Å². The first-order valence-corrected chi connectivity index (χ1v) is 28.0. The topological polar surface area (TPSA) is 71.1 Å². The monoisotopic (exact) mass is 959 g/mol. The molecule has 0 fully saturated rings. The summed E-state index contributed by atoms with van der Waals surface area (Å²) in [6.07, 6.45) is 26.5. The van der Waals surface area contributed by atoms with E-state index in [1.807, 2.05) is 27.7 Å². The van der Waals surface area contributed by atoms with Crippen molar-refractivity contribution in [3.05, 3.63) is 44.5 Å². The van der Waals surface area contributed by atoms with E-state index in [0.29, 0.717) is 11.5 Å². The molecule has 0 aromatic heterocycles. The highest BCUT2D eigenvalue weighted by molar-refractivity contribution is 5.96. The van der Waals surface area contributed by atoms with Crippen LogP contribution in [0.1, 0.15) is 257 Å². The van der Waals surface area contributed by atoms with Gasteiger partial charge in [0.25, 0.3) is 0 Å². The van der Waals surface area contributed by atoms with Crippen molar-refractivity contribution in [2.75, 3.05) is 0 Å². The van der Waals surface area contributed by atoms with Gasteiger partial charge < -0.3 is 18.9 Å². The van der Waals surface area contributed by atoms with Crippen LogP contribution in [0.4, 0.5) is 0 Å². The molecule has 2 aliphatic rings. The molecule has 0 amide bonds. The van der Waals surface area contributed by atoms with Crippen LogP contribution in [-0.2, 0) is 22.4 Å². The van der Waals surface area contributed by atoms with Crippen molar-refractivity contribution in [2.45, 2.75) is 278 Å². The second-order valence-electron chi connectivity index (χ2n) is 24.4. The van der Waals surface area contributed by atoms with Crippen molar-refractivity contribution >= 4 is 11.9 Å². The number of hydrogen-bond donors (Lipinski definition) is 0. The number of carbonyl (C=O) groups excluding carboxylic acids is 2. The number of rotatable bonds is 28. The first-order chi connectivity index (χ1) is 32.0. The molecular formula is C63H106O6. The van der Waals surface area contributed by atoms with E-state index in [4.69, 9.17) is 18.9 Å². The molecule has 2 aliphatic heterocycles. The molecule has 6 heteroatoms. The van der Waals surface area contributed by atoms with E-state index in [1.54, 1.807) is 6.92 Å². The van der Waals surface area contributed by atoms with Gasteiger partial charge in [-0.25, -0.2) is 0 Å². The van der Waals surface area contributed by atoms with E-state index in [-0.39, 0.29) is 18.6 Å². The summed E-state index contributed by atoms with van der Waals surface area (Å²) in [4.78, 5) is 27.6. The third kappa shape index (κ3) is 17.6. The molecule has 0 radical (unpaired) electrons. The average Bonchev–Trinajstić information content (AvgIpc) is 3.27. The Morgan fingerprint density at radius 3 is 1.04 bits per heavy atom. The molecule has 6 nitrogen and oxygen atoms in total. The lowest BCUT2D eigenvalue weighted by atomic mass is 9.83. The Bertz CT molecular complexity index is 1800.